The highest BCUT2D eigenvalue weighted by Crippen LogP contribution is 2.29. The lowest BCUT2D eigenvalue weighted by atomic mass is 10.1. The standard InChI is InChI=1S/C11H11FS/c1-3-8-4-5-9-10(11(8)12)7(2)6-13-9/h4-6H,3H2,1-2H3. The van der Waals surface area contributed by atoms with E-state index < -0.39 is 0 Å². The molecule has 1 aromatic heterocycles. The predicted molar refractivity (Wildman–Crippen MR) is 55.9 cm³/mol. The second-order valence-corrected chi connectivity index (χ2v) is 4.10. The van der Waals surface area contributed by atoms with Crippen molar-refractivity contribution in [3.8, 4) is 0 Å². The monoisotopic (exact) mass is 194 g/mol. The molecule has 0 saturated heterocycles. The van der Waals surface area contributed by atoms with Gasteiger partial charge < -0.3 is 0 Å². The highest BCUT2D eigenvalue weighted by Gasteiger charge is 2.09. The lowest BCUT2D eigenvalue weighted by molar-refractivity contribution is 0.624. The summed E-state index contributed by atoms with van der Waals surface area (Å²) in [5, 5.41) is 2.82. The van der Waals surface area contributed by atoms with Gasteiger partial charge in [-0.3, -0.25) is 0 Å². The summed E-state index contributed by atoms with van der Waals surface area (Å²) in [5.41, 5.74) is 1.86. The van der Waals surface area contributed by atoms with E-state index in [-0.39, 0.29) is 5.82 Å². The molecule has 0 aliphatic heterocycles. The number of aryl methyl sites for hydroxylation is 2. The smallest absolute Gasteiger partial charge is 0.135 e. The number of thiophene rings is 1. The van der Waals surface area contributed by atoms with Crippen molar-refractivity contribution in [2.45, 2.75) is 20.3 Å². The maximum Gasteiger partial charge on any atom is 0.135 e. The van der Waals surface area contributed by atoms with E-state index in [2.05, 4.69) is 0 Å². The van der Waals surface area contributed by atoms with Crippen LogP contribution in [0, 0.1) is 12.7 Å². The molecule has 0 unspecified atom stereocenters. The van der Waals surface area contributed by atoms with Gasteiger partial charge in [-0.2, -0.15) is 0 Å². The van der Waals surface area contributed by atoms with Crippen LogP contribution in [0.15, 0.2) is 17.5 Å². The molecule has 0 fully saturated rings. The fourth-order valence-corrected chi connectivity index (χ4v) is 2.49. The SMILES string of the molecule is CCc1ccc2scc(C)c2c1F. The van der Waals surface area contributed by atoms with E-state index in [4.69, 9.17) is 0 Å². The topological polar surface area (TPSA) is 0 Å². The molecular weight excluding hydrogens is 183 g/mol. The minimum absolute atomic E-state index is 0.0289. The van der Waals surface area contributed by atoms with Crippen LogP contribution in [0.25, 0.3) is 10.1 Å². The lowest BCUT2D eigenvalue weighted by Gasteiger charge is -2.01. The first-order chi connectivity index (χ1) is 6.24. The Bertz CT molecular complexity index is 443. The molecule has 0 spiro atoms. The zero-order valence-corrected chi connectivity index (χ0v) is 8.54. The fourth-order valence-electron chi connectivity index (χ4n) is 1.55. The summed E-state index contributed by atoms with van der Waals surface area (Å²) >= 11 is 1.61. The summed E-state index contributed by atoms with van der Waals surface area (Å²) in [6, 6.07) is 3.89. The fraction of sp³-hybridized carbons (Fsp3) is 0.273. The molecular formula is C11H11FS. The van der Waals surface area contributed by atoms with Gasteiger partial charge in [-0.05, 0) is 35.9 Å². The number of benzene rings is 1. The van der Waals surface area contributed by atoms with Crippen molar-refractivity contribution in [1.82, 2.24) is 0 Å². The first kappa shape index (κ1) is 8.70. The lowest BCUT2D eigenvalue weighted by Crippen LogP contribution is -1.87. The van der Waals surface area contributed by atoms with Crippen molar-refractivity contribution in [1.29, 1.82) is 0 Å². The molecule has 2 heteroatoms. The maximum atomic E-state index is 13.8. The van der Waals surface area contributed by atoms with Gasteiger partial charge in [0.25, 0.3) is 0 Å². The van der Waals surface area contributed by atoms with Gasteiger partial charge in [0, 0.05) is 10.1 Å². The average molecular weight is 194 g/mol. The number of rotatable bonds is 1. The first-order valence-corrected chi connectivity index (χ1v) is 5.27. The van der Waals surface area contributed by atoms with Crippen molar-refractivity contribution in [3.05, 3.63) is 34.5 Å². The maximum absolute atomic E-state index is 13.8. The minimum Gasteiger partial charge on any atom is -0.206 e. The van der Waals surface area contributed by atoms with Gasteiger partial charge in [-0.15, -0.1) is 11.3 Å². The van der Waals surface area contributed by atoms with E-state index in [1.807, 2.05) is 31.4 Å². The Hall–Kier alpha value is -0.890. The van der Waals surface area contributed by atoms with Gasteiger partial charge in [0.15, 0.2) is 0 Å². The number of hydrogen-bond acceptors (Lipinski definition) is 1. The van der Waals surface area contributed by atoms with E-state index in [0.717, 1.165) is 27.6 Å². The quantitative estimate of drug-likeness (QED) is 0.645. The molecule has 1 aromatic carbocycles. The van der Waals surface area contributed by atoms with Gasteiger partial charge in [-0.25, -0.2) is 4.39 Å². The second kappa shape index (κ2) is 3.11. The molecule has 1 heterocycles. The van der Waals surface area contributed by atoms with E-state index in [0.29, 0.717) is 0 Å². The Morgan fingerprint density at radius 1 is 1.38 bits per heavy atom. The molecule has 0 N–H and O–H groups in total. The number of fused-ring (bicyclic) bond motifs is 1. The molecule has 0 aliphatic carbocycles. The zero-order valence-electron chi connectivity index (χ0n) is 7.73. The summed E-state index contributed by atoms with van der Waals surface area (Å²) in [6.07, 6.45) is 0.761. The van der Waals surface area contributed by atoms with Crippen LogP contribution in [-0.4, -0.2) is 0 Å². The van der Waals surface area contributed by atoms with Crippen LogP contribution < -0.4 is 0 Å². The summed E-state index contributed by atoms with van der Waals surface area (Å²) in [6.45, 7) is 3.94. The van der Waals surface area contributed by atoms with Crippen LogP contribution in [0.1, 0.15) is 18.1 Å². The van der Waals surface area contributed by atoms with E-state index in [1.54, 1.807) is 11.3 Å². The van der Waals surface area contributed by atoms with Crippen molar-refractivity contribution in [2.24, 2.45) is 0 Å². The van der Waals surface area contributed by atoms with Crippen LogP contribution in [-0.2, 0) is 6.42 Å². The Kier molecular flexibility index (Phi) is 2.08. The molecule has 0 radical (unpaired) electrons. The molecule has 0 amide bonds. The third-order valence-corrected chi connectivity index (χ3v) is 3.39. The second-order valence-electron chi connectivity index (χ2n) is 3.18. The van der Waals surface area contributed by atoms with Gasteiger partial charge >= 0.3 is 0 Å². The van der Waals surface area contributed by atoms with Crippen LogP contribution in [0.5, 0.6) is 0 Å². The largest absolute Gasteiger partial charge is 0.206 e. The van der Waals surface area contributed by atoms with Gasteiger partial charge in [0.1, 0.15) is 5.82 Å². The van der Waals surface area contributed by atoms with Gasteiger partial charge in [0.2, 0.25) is 0 Å². The molecule has 0 bridgehead atoms. The highest BCUT2D eigenvalue weighted by molar-refractivity contribution is 7.17. The molecule has 0 saturated carbocycles. The number of halogens is 1. The Balaban J connectivity index is 2.83. The average Bonchev–Trinajstić information content (AvgIpc) is 2.49. The third-order valence-electron chi connectivity index (χ3n) is 2.32. The summed E-state index contributed by atoms with van der Waals surface area (Å²) in [7, 11) is 0. The normalized spacial score (nSPS) is 11.0. The van der Waals surface area contributed by atoms with Crippen molar-refractivity contribution < 1.29 is 4.39 Å². The van der Waals surface area contributed by atoms with E-state index in [9.17, 15) is 4.39 Å². The molecule has 0 aliphatic rings. The highest BCUT2D eigenvalue weighted by atomic mass is 32.1. The summed E-state index contributed by atoms with van der Waals surface area (Å²) in [4.78, 5) is 0. The van der Waals surface area contributed by atoms with Crippen LogP contribution in [0.3, 0.4) is 0 Å². The number of hydrogen-bond donors (Lipinski definition) is 0. The van der Waals surface area contributed by atoms with E-state index >= 15 is 0 Å². The van der Waals surface area contributed by atoms with Crippen molar-refractivity contribution in [2.75, 3.05) is 0 Å². The Labute approximate surface area is 81.0 Å². The predicted octanol–water partition coefficient (Wildman–Crippen LogP) is 3.91. The molecule has 0 atom stereocenters. The summed E-state index contributed by atoms with van der Waals surface area (Å²) in [5.74, 6) is -0.0289. The van der Waals surface area contributed by atoms with Crippen LogP contribution >= 0.6 is 11.3 Å². The Morgan fingerprint density at radius 3 is 2.85 bits per heavy atom. The first-order valence-electron chi connectivity index (χ1n) is 4.39. The molecule has 2 aromatic rings. The van der Waals surface area contributed by atoms with Crippen molar-refractivity contribution in [3.63, 3.8) is 0 Å². The van der Waals surface area contributed by atoms with Crippen LogP contribution in [0.4, 0.5) is 4.39 Å². The van der Waals surface area contributed by atoms with Crippen molar-refractivity contribution >= 4 is 21.4 Å². The minimum atomic E-state index is -0.0289. The molecule has 0 nitrogen and oxygen atoms in total. The summed E-state index contributed by atoms with van der Waals surface area (Å²) < 4.78 is 14.8. The van der Waals surface area contributed by atoms with Gasteiger partial charge in [-0.1, -0.05) is 13.0 Å². The van der Waals surface area contributed by atoms with Gasteiger partial charge in [0.05, 0.1) is 0 Å². The van der Waals surface area contributed by atoms with Crippen LogP contribution in [0.2, 0.25) is 0 Å². The molecule has 13 heavy (non-hydrogen) atoms. The zero-order chi connectivity index (χ0) is 9.42. The Morgan fingerprint density at radius 2 is 2.15 bits per heavy atom. The van der Waals surface area contributed by atoms with E-state index in [1.165, 1.54) is 0 Å². The third kappa shape index (κ3) is 1.25. The molecule has 68 valence electrons. The molecule has 2 rings (SSSR count).